The van der Waals surface area contributed by atoms with E-state index in [0.29, 0.717) is 41.1 Å². The van der Waals surface area contributed by atoms with Gasteiger partial charge in [0.25, 0.3) is 5.91 Å². The van der Waals surface area contributed by atoms with E-state index in [-0.39, 0.29) is 29.8 Å². The van der Waals surface area contributed by atoms with Crippen molar-refractivity contribution in [1.29, 1.82) is 5.26 Å². The third-order valence-corrected chi connectivity index (χ3v) is 8.34. The van der Waals surface area contributed by atoms with Crippen LogP contribution in [-0.4, -0.2) is 68.4 Å². The minimum Gasteiger partial charge on any atom is -0.382 e. The van der Waals surface area contributed by atoms with Gasteiger partial charge >= 0.3 is 0 Å². The second-order valence-electron chi connectivity index (χ2n) is 12.2. The van der Waals surface area contributed by atoms with Crippen LogP contribution < -0.4 is 21.3 Å². The molecule has 2 aliphatic rings. The number of hydrogen-bond acceptors (Lipinski definition) is 9. The Hall–Kier alpha value is -5.28. The number of amides is 3. The molecule has 4 aromatic rings. The van der Waals surface area contributed by atoms with Crippen molar-refractivity contribution in [1.82, 2.24) is 30.1 Å². The molecule has 0 saturated carbocycles. The van der Waals surface area contributed by atoms with Crippen molar-refractivity contribution in [3.8, 4) is 11.9 Å². The lowest BCUT2D eigenvalue weighted by Crippen LogP contribution is -2.47. The first-order valence-corrected chi connectivity index (χ1v) is 15.6. The van der Waals surface area contributed by atoms with Crippen LogP contribution in [0.25, 0.3) is 16.9 Å². The summed E-state index contributed by atoms with van der Waals surface area (Å²) in [6, 6.07) is 15.5. The number of hydrogen-bond donors (Lipinski definition) is 4. The van der Waals surface area contributed by atoms with Crippen molar-refractivity contribution in [3.05, 3.63) is 77.7 Å². The van der Waals surface area contributed by atoms with Gasteiger partial charge < -0.3 is 16.0 Å². The second-order valence-corrected chi connectivity index (χ2v) is 12.2. The molecule has 2 fully saturated rings. The molecule has 0 aliphatic carbocycles. The number of fused-ring (bicyclic) bond motifs is 1. The SMILES string of the molecule is CC(C)Nc1cc(-n2ccc3cc(C#N)cnc32)ncc1C(=O)NC1CCN(Cc2ccc(NC3CCC(=O)NC3=O)cc2)CC1. The molecule has 5 heterocycles. The minimum atomic E-state index is -0.402. The van der Waals surface area contributed by atoms with Gasteiger partial charge in [-0.05, 0) is 62.9 Å². The topological polar surface area (TPSA) is 157 Å². The third-order valence-electron chi connectivity index (χ3n) is 8.34. The average Bonchev–Trinajstić information content (AvgIpc) is 3.47. The van der Waals surface area contributed by atoms with Crippen LogP contribution in [0.15, 0.2) is 61.1 Å². The highest BCUT2D eigenvalue weighted by Gasteiger charge is 2.27. The summed E-state index contributed by atoms with van der Waals surface area (Å²) >= 11 is 0. The zero-order valence-corrected chi connectivity index (χ0v) is 25.9. The summed E-state index contributed by atoms with van der Waals surface area (Å²) in [7, 11) is 0. The highest BCUT2D eigenvalue weighted by atomic mass is 16.2. The Morgan fingerprint density at radius 3 is 2.57 bits per heavy atom. The lowest BCUT2D eigenvalue weighted by molar-refractivity contribution is -0.133. The zero-order valence-electron chi connectivity index (χ0n) is 25.9. The van der Waals surface area contributed by atoms with Crippen molar-refractivity contribution in [2.75, 3.05) is 23.7 Å². The van der Waals surface area contributed by atoms with Crippen LogP contribution in [0.5, 0.6) is 0 Å². The molecule has 3 aromatic heterocycles. The lowest BCUT2D eigenvalue weighted by atomic mass is 10.0. The Kier molecular flexibility index (Phi) is 8.94. The van der Waals surface area contributed by atoms with Gasteiger partial charge in [-0.25, -0.2) is 9.97 Å². The molecule has 1 unspecified atom stereocenters. The van der Waals surface area contributed by atoms with Crippen LogP contribution in [0.4, 0.5) is 11.4 Å². The maximum atomic E-state index is 13.5. The number of anilines is 2. The maximum absolute atomic E-state index is 13.5. The quantitative estimate of drug-likeness (QED) is 0.205. The molecule has 1 aromatic carbocycles. The van der Waals surface area contributed by atoms with Crippen LogP contribution >= 0.6 is 0 Å². The van der Waals surface area contributed by atoms with E-state index >= 15 is 0 Å². The van der Waals surface area contributed by atoms with Crippen molar-refractivity contribution in [2.24, 2.45) is 0 Å². The molecule has 46 heavy (non-hydrogen) atoms. The summed E-state index contributed by atoms with van der Waals surface area (Å²) in [4.78, 5) is 48.3. The number of carbonyl (C=O) groups is 3. The Morgan fingerprint density at radius 2 is 1.85 bits per heavy atom. The molecule has 0 spiro atoms. The molecule has 2 aliphatic heterocycles. The smallest absolute Gasteiger partial charge is 0.255 e. The summed E-state index contributed by atoms with van der Waals surface area (Å²) < 4.78 is 1.85. The van der Waals surface area contributed by atoms with Gasteiger partial charge in [-0.1, -0.05) is 12.1 Å². The predicted molar refractivity (Wildman–Crippen MR) is 174 cm³/mol. The molecule has 0 bridgehead atoms. The molecule has 2 saturated heterocycles. The number of benzene rings is 1. The van der Waals surface area contributed by atoms with E-state index in [4.69, 9.17) is 0 Å². The van der Waals surface area contributed by atoms with Crippen LogP contribution in [0.2, 0.25) is 0 Å². The van der Waals surface area contributed by atoms with Crippen molar-refractivity contribution in [2.45, 2.75) is 64.2 Å². The van der Waals surface area contributed by atoms with Crippen molar-refractivity contribution < 1.29 is 14.4 Å². The molecule has 236 valence electrons. The molecular formula is C34H37N9O3. The lowest BCUT2D eigenvalue weighted by Gasteiger charge is -2.32. The van der Waals surface area contributed by atoms with E-state index in [9.17, 15) is 19.6 Å². The summed E-state index contributed by atoms with van der Waals surface area (Å²) in [6.45, 7) is 6.56. The normalized spacial score (nSPS) is 17.5. The summed E-state index contributed by atoms with van der Waals surface area (Å²) in [5.41, 5.74) is 4.38. The highest BCUT2D eigenvalue weighted by molar-refractivity contribution is 6.01. The third kappa shape index (κ3) is 7.00. The highest BCUT2D eigenvalue weighted by Crippen LogP contribution is 2.24. The number of pyridine rings is 2. The first kappa shape index (κ1) is 30.7. The zero-order chi connectivity index (χ0) is 32.2. The van der Waals surface area contributed by atoms with E-state index in [2.05, 4.69) is 54.3 Å². The molecule has 1 atom stereocenters. The summed E-state index contributed by atoms with van der Waals surface area (Å²) in [6.07, 6.45) is 7.52. The molecular weight excluding hydrogens is 582 g/mol. The van der Waals surface area contributed by atoms with Crippen LogP contribution in [0, 0.1) is 11.3 Å². The monoisotopic (exact) mass is 619 g/mol. The number of nitrogens with one attached hydrogen (secondary N) is 4. The predicted octanol–water partition coefficient (Wildman–Crippen LogP) is 3.72. The molecule has 12 nitrogen and oxygen atoms in total. The number of aromatic nitrogens is 3. The fourth-order valence-corrected chi connectivity index (χ4v) is 5.95. The first-order valence-electron chi connectivity index (χ1n) is 15.6. The molecule has 3 amide bonds. The maximum Gasteiger partial charge on any atom is 0.255 e. The van der Waals surface area contributed by atoms with E-state index in [1.54, 1.807) is 18.5 Å². The molecule has 12 heteroatoms. The van der Waals surface area contributed by atoms with Crippen molar-refractivity contribution in [3.63, 3.8) is 0 Å². The van der Waals surface area contributed by atoms with E-state index < -0.39 is 6.04 Å². The average molecular weight is 620 g/mol. The van der Waals surface area contributed by atoms with Gasteiger partial charge in [0.2, 0.25) is 11.8 Å². The Labute approximate surface area is 267 Å². The van der Waals surface area contributed by atoms with E-state index in [1.807, 2.05) is 48.9 Å². The minimum absolute atomic E-state index is 0.0577. The van der Waals surface area contributed by atoms with Crippen LogP contribution in [0.1, 0.15) is 61.0 Å². The van der Waals surface area contributed by atoms with E-state index in [0.717, 1.165) is 43.5 Å². The largest absolute Gasteiger partial charge is 0.382 e. The van der Waals surface area contributed by atoms with Crippen LogP contribution in [0.3, 0.4) is 0 Å². The van der Waals surface area contributed by atoms with Gasteiger partial charge in [0, 0.05) is 73.9 Å². The number of rotatable bonds is 9. The fourth-order valence-electron chi connectivity index (χ4n) is 5.95. The van der Waals surface area contributed by atoms with Crippen molar-refractivity contribution >= 4 is 40.1 Å². The van der Waals surface area contributed by atoms with E-state index in [1.165, 1.54) is 5.56 Å². The number of piperidine rings is 2. The number of carbonyl (C=O) groups excluding carboxylic acids is 3. The number of nitrogens with zero attached hydrogens (tertiary/aromatic N) is 5. The number of nitriles is 1. The molecule has 0 radical (unpaired) electrons. The van der Waals surface area contributed by atoms with Gasteiger partial charge in [0.1, 0.15) is 23.6 Å². The van der Waals surface area contributed by atoms with Gasteiger partial charge in [-0.2, -0.15) is 5.26 Å². The number of imide groups is 1. The molecule has 4 N–H and O–H groups in total. The summed E-state index contributed by atoms with van der Waals surface area (Å²) in [5, 5.41) is 22.3. The Bertz CT molecular complexity index is 1800. The standard InChI is InChI=1S/C34H37N9O3/c1-21(2)38-29-16-30(43-14-9-24-15-23(17-35)18-37-32(24)43)36-19-27(29)33(45)40-26-10-12-42(13-11-26)20-22-3-5-25(6-4-22)39-28-7-8-31(44)41-34(28)46/h3-6,9,14-16,18-19,21,26,28,39H,7-8,10-13,20H2,1-2H3,(H,36,38)(H,40,45)(H,41,44,46). The van der Waals surface area contributed by atoms with Gasteiger partial charge in [0.05, 0.1) is 16.8 Å². The Balaban J connectivity index is 1.05. The second kappa shape index (κ2) is 13.4. The number of likely N-dealkylation sites (tertiary alicyclic amines) is 1. The van der Waals surface area contributed by atoms with Gasteiger partial charge in [-0.3, -0.25) is 29.2 Å². The van der Waals surface area contributed by atoms with Gasteiger partial charge in [0.15, 0.2) is 0 Å². The first-order chi connectivity index (χ1) is 22.2. The molecule has 6 rings (SSSR count). The van der Waals surface area contributed by atoms with Crippen LogP contribution in [-0.2, 0) is 16.1 Å². The summed E-state index contributed by atoms with van der Waals surface area (Å²) in [5.74, 6) is -0.0386. The Morgan fingerprint density at radius 1 is 1.07 bits per heavy atom. The fraction of sp³-hybridized carbons (Fsp3) is 0.353. The van der Waals surface area contributed by atoms with Gasteiger partial charge in [-0.15, -0.1) is 0 Å².